The van der Waals surface area contributed by atoms with Gasteiger partial charge in [-0.3, -0.25) is 4.79 Å². The summed E-state index contributed by atoms with van der Waals surface area (Å²) in [5.74, 6) is 0.674. The third-order valence-corrected chi connectivity index (χ3v) is 7.63. The van der Waals surface area contributed by atoms with E-state index in [1.807, 2.05) is 43.9 Å². The fourth-order valence-corrected chi connectivity index (χ4v) is 5.72. The van der Waals surface area contributed by atoms with Gasteiger partial charge in [0, 0.05) is 24.7 Å². The summed E-state index contributed by atoms with van der Waals surface area (Å²) in [5, 5.41) is 10.7. The Hall–Kier alpha value is -2.68. The van der Waals surface area contributed by atoms with E-state index in [9.17, 15) is 9.59 Å². The molecule has 2 saturated heterocycles. The number of amides is 2. The second-order valence-corrected chi connectivity index (χ2v) is 11.3. The zero-order chi connectivity index (χ0) is 23.2. The molecule has 3 heterocycles. The topological polar surface area (TPSA) is 78.9 Å². The van der Waals surface area contributed by atoms with E-state index in [-0.39, 0.29) is 12.0 Å². The van der Waals surface area contributed by atoms with Gasteiger partial charge < -0.3 is 19.4 Å². The van der Waals surface area contributed by atoms with Gasteiger partial charge in [0.05, 0.1) is 13.2 Å². The first-order chi connectivity index (χ1) is 15.7. The Balaban J connectivity index is 1.35. The van der Waals surface area contributed by atoms with Gasteiger partial charge in [0.25, 0.3) is 0 Å². The highest BCUT2D eigenvalue weighted by Gasteiger charge is 2.54. The molecule has 9 heteroatoms. The van der Waals surface area contributed by atoms with Crippen molar-refractivity contribution in [2.24, 2.45) is 0 Å². The van der Waals surface area contributed by atoms with E-state index < -0.39 is 11.1 Å². The summed E-state index contributed by atoms with van der Waals surface area (Å²) in [6.45, 7) is 7.57. The van der Waals surface area contributed by atoms with E-state index in [1.54, 1.807) is 16.2 Å². The lowest BCUT2D eigenvalue weighted by Crippen LogP contribution is -2.57. The third kappa shape index (κ3) is 4.43. The summed E-state index contributed by atoms with van der Waals surface area (Å²) in [4.78, 5) is 32.3. The molecule has 1 aromatic heterocycles. The van der Waals surface area contributed by atoms with Gasteiger partial charge in [-0.1, -0.05) is 29.5 Å². The summed E-state index contributed by atoms with van der Waals surface area (Å²) in [6, 6.07) is 10.1. The summed E-state index contributed by atoms with van der Waals surface area (Å²) >= 11 is 1.63. The van der Waals surface area contributed by atoms with Crippen LogP contribution in [0.5, 0.6) is 0 Å². The molecule has 0 N–H and O–H groups in total. The molecule has 2 amide bonds. The lowest BCUT2D eigenvalue weighted by molar-refractivity contribution is -0.134. The number of aromatic nitrogens is 2. The average Bonchev–Trinajstić information content (AvgIpc) is 3.48. The number of para-hydroxylation sites is 1. The van der Waals surface area contributed by atoms with Gasteiger partial charge >= 0.3 is 6.09 Å². The minimum atomic E-state index is -0.663. The van der Waals surface area contributed by atoms with Gasteiger partial charge in [0.2, 0.25) is 5.91 Å². The fraction of sp³-hybridized carbons (Fsp3) is 0.583. The number of benzene rings is 1. The number of anilines is 1. The van der Waals surface area contributed by atoms with E-state index in [4.69, 9.17) is 4.74 Å². The van der Waals surface area contributed by atoms with E-state index >= 15 is 0 Å². The van der Waals surface area contributed by atoms with Crippen molar-refractivity contribution >= 4 is 29.0 Å². The average molecular weight is 470 g/mol. The van der Waals surface area contributed by atoms with Crippen LogP contribution >= 0.6 is 11.3 Å². The van der Waals surface area contributed by atoms with Crippen LogP contribution in [0.4, 0.5) is 10.5 Å². The van der Waals surface area contributed by atoms with Crippen molar-refractivity contribution in [3.05, 3.63) is 40.3 Å². The molecule has 3 aliphatic rings. The van der Waals surface area contributed by atoms with Crippen LogP contribution in [0.15, 0.2) is 30.3 Å². The highest BCUT2D eigenvalue weighted by atomic mass is 32.1. The molecule has 0 bridgehead atoms. The van der Waals surface area contributed by atoms with Crippen molar-refractivity contribution in [3.8, 4) is 0 Å². The number of piperidine rings is 1. The maximum atomic E-state index is 13.8. The van der Waals surface area contributed by atoms with Crippen LogP contribution in [0.3, 0.4) is 0 Å². The van der Waals surface area contributed by atoms with Crippen molar-refractivity contribution in [1.29, 1.82) is 0 Å². The zero-order valence-corrected chi connectivity index (χ0v) is 20.3. The van der Waals surface area contributed by atoms with Crippen LogP contribution in [0.2, 0.25) is 0 Å². The van der Waals surface area contributed by atoms with Crippen LogP contribution < -0.4 is 4.90 Å². The smallest absolute Gasteiger partial charge is 0.410 e. The molecule has 0 radical (unpaired) electrons. The number of hydrogen-bond acceptors (Lipinski definition) is 7. The Morgan fingerprint density at radius 2 is 1.85 bits per heavy atom. The van der Waals surface area contributed by atoms with Crippen molar-refractivity contribution in [1.82, 2.24) is 20.0 Å². The zero-order valence-electron chi connectivity index (χ0n) is 19.5. The van der Waals surface area contributed by atoms with Gasteiger partial charge in [-0.15, -0.1) is 10.2 Å². The standard InChI is InChI=1S/C24H31N5O3S/c1-23(2,3)32-22(31)27-13-11-24(12-14-27)21(30)28(16-29(24)18-7-5-4-6-8-18)15-19-25-26-20(33-19)17-9-10-17/h4-8,17H,9-16H2,1-3H3. The maximum Gasteiger partial charge on any atom is 0.410 e. The highest BCUT2D eigenvalue weighted by Crippen LogP contribution is 2.43. The molecule has 33 heavy (non-hydrogen) atoms. The Labute approximate surface area is 198 Å². The van der Waals surface area contributed by atoms with Gasteiger partial charge in [-0.25, -0.2) is 4.79 Å². The quantitative estimate of drug-likeness (QED) is 0.674. The van der Waals surface area contributed by atoms with Gasteiger partial charge in [0.1, 0.15) is 21.2 Å². The van der Waals surface area contributed by atoms with Crippen molar-refractivity contribution in [3.63, 3.8) is 0 Å². The van der Waals surface area contributed by atoms with Crippen LogP contribution in [-0.2, 0) is 16.1 Å². The Kier molecular flexibility index (Phi) is 5.55. The number of carbonyl (C=O) groups excluding carboxylic acids is 2. The van der Waals surface area contributed by atoms with Crippen molar-refractivity contribution in [2.75, 3.05) is 24.7 Å². The molecule has 1 aromatic carbocycles. The van der Waals surface area contributed by atoms with Crippen LogP contribution in [0, 0.1) is 0 Å². The molecule has 176 valence electrons. The molecule has 1 spiro atoms. The van der Waals surface area contributed by atoms with Crippen molar-refractivity contribution in [2.45, 2.75) is 70.1 Å². The number of nitrogens with zero attached hydrogens (tertiary/aromatic N) is 5. The molecular formula is C24H31N5O3S. The van der Waals surface area contributed by atoms with Crippen LogP contribution in [0.1, 0.15) is 62.4 Å². The second-order valence-electron chi connectivity index (χ2n) is 10.2. The Bertz CT molecular complexity index is 1020. The maximum absolute atomic E-state index is 13.8. The number of rotatable bonds is 4. The van der Waals surface area contributed by atoms with Gasteiger partial charge in [-0.2, -0.15) is 0 Å². The predicted octanol–water partition coefficient (Wildman–Crippen LogP) is 3.99. The number of ether oxygens (including phenoxy) is 1. The summed E-state index contributed by atoms with van der Waals surface area (Å²) in [6.07, 6.45) is 3.21. The number of hydrogen-bond donors (Lipinski definition) is 0. The molecule has 0 atom stereocenters. The van der Waals surface area contributed by atoms with Crippen LogP contribution in [0.25, 0.3) is 0 Å². The second kappa shape index (κ2) is 8.27. The predicted molar refractivity (Wildman–Crippen MR) is 126 cm³/mol. The van der Waals surface area contributed by atoms with Crippen LogP contribution in [-0.4, -0.2) is 62.9 Å². The number of carbonyl (C=O) groups is 2. The Morgan fingerprint density at radius 1 is 1.15 bits per heavy atom. The Morgan fingerprint density at radius 3 is 2.48 bits per heavy atom. The molecule has 2 aliphatic heterocycles. The SMILES string of the molecule is CC(C)(C)OC(=O)N1CCC2(CC1)C(=O)N(Cc1nnc(C3CC3)s1)CN2c1ccccc1. The lowest BCUT2D eigenvalue weighted by Gasteiger charge is -2.43. The molecule has 0 unspecified atom stereocenters. The summed E-state index contributed by atoms with van der Waals surface area (Å²) in [5.41, 5.74) is -0.178. The molecule has 5 rings (SSSR count). The lowest BCUT2D eigenvalue weighted by atomic mass is 9.85. The molecule has 2 aromatic rings. The molecule has 3 fully saturated rings. The normalized spacial score (nSPS) is 20.6. The minimum Gasteiger partial charge on any atom is -0.444 e. The largest absolute Gasteiger partial charge is 0.444 e. The fourth-order valence-electron chi connectivity index (χ4n) is 4.70. The van der Waals surface area contributed by atoms with Gasteiger partial charge in [-0.05, 0) is 58.6 Å². The third-order valence-electron chi connectivity index (χ3n) is 6.56. The summed E-state index contributed by atoms with van der Waals surface area (Å²) in [7, 11) is 0. The summed E-state index contributed by atoms with van der Waals surface area (Å²) < 4.78 is 5.56. The first kappa shape index (κ1) is 22.1. The molecule has 1 aliphatic carbocycles. The highest BCUT2D eigenvalue weighted by molar-refractivity contribution is 7.11. The van der Waals surface area contributed by atoms with E-state index in [2.05, 4.69) is 27.2 Å². The van der Waals surface area contributed by atoms with E-state index in [0.717, 1.165) is 15.7 Å². The first-order valence-corrected chi connectivity index (χ1v) is 12.5. The first-order valence-electron chi connectivity index (χ1n) is 11.7. The minimum absolute atomic E-state index is 0.110. The van der Waals surface area contributed by atoms with E-state index in [1.165, 1.54) is 12.8 Å². The molecule has 1 saturated carbocycles. The monoisotopic (exact) mass is 469 g/mol. The van der Waals surface area contributed by atoms with E-state index in [0.29, 0.717) is 45.1 Å². The molecule has 8 nitrogen and oxygen atoms in total. The van der Waals surface area contributed by atoms with Gasteiger partial charge in [0.15, 0.2) is 0 Å². The number of likely N-dealkylation sites (tertiary alicyclic amines) is 1. The van der Waals surface area contributed by atoms with Crippen molar-refractivity contribution < 1.29 is 14.3 Å². The molecular weight excluding hydrogens is 438 g/mol.